The minimum atomic E-state index is -0.153. The van der Waals surface area contributed by atoms with Crippen molar-refractivity contribution in [3.8, 4) is 6.07 Å². The third-order valence-electron chi connectivity index (χ3n) is 10.9. The lowest BCUT2D eigenvalue weighted by Gasteiger charge is -2.42. The number of aromatic nitrogens is 1. The summed E-state index contributed by atoms with van der Waals surface area (Å²) in [5, 5.41) is 21.5. The van der Waals surface area contributed by atoms with Gasteiger partial charge in [-0.25, -0.2) is 0 Å². The Morgan fingerprint density at radius 2 is 1.74 bits per heavy atom. The first-order valence-corrected chi connectivity index (χ1v) is 17.9. The Labute approximate surface area is 284 Å². The third kappa shape index (κ3) is 6.90. The molecule has 3 aromatic rings. The standard InChI is InChI=1S/C38H49ClN8/c1-24-14-25-16-26(15-24)18-29(17-25)42-35-28(21-40)22-41-37-32(35)19-30(20-33(37)39)43-36(27-8-6-5-7-9-27)34-23-47(45-44-34)31-10-12-46(13-11-31)38(2,3)4/h5-9,19-20,22-26,29,31,36,43-45H,10-18H2,1-4H3,(H,41,42)/t24?,25?,26?,29?,36-/m0/s1. The number of hydrogen-bond acceptors (Lipinski definition) is 8. The molecule has 248 valence electrons. The lowest BCUT2D eigenvalue weighted by Crippen LogP contribution is -2.52. The van der Waals surface area contributed by atoms with Crippen molar-refractivity contribution in [1.29, 1.82) is 5.26 Å². The molecule has 3 heterocycles. The SMILES string of the molecule is CC1CC2CC(C1)CC(Nc1c(C#N)cnc3c(Cl)cc(N[C@H](C4=CN(C5CCN(C(C)(C)C)CC5)NN4)c4ccccc4)cc13)C2. The molecule has 0 amide bonds. The van der Waals surface area contributed by atoms with E-state index in [1.807, 2.05) is 12.1 Å². The van der Waals surface area contributed by atoms with Crippen molar-refractivity contribution in [2.24, 2.45) is 17.8 Å². The first-order chi connectivity index (χ1) is 22.6. The predicted octanol–water partition coefficient (Wildman–Crippen LogP) is 7.97. The maximum atomic E-state index is 10.2. The van der Waals surface area contributed by atoms with Crippen molar-refractivity contribution in [3.05, 3.63) is 76.7 Å². The summed E-state index contributed by atoms with van der Waals surface area (Å²) < 4.78 is 0. The molecule has 1 saturated heterocycles. The molecule has 47 heavy (non-hydrogen) atoms. The van der Waals surface area contributed by atoms with Crippen LogP contribution in [-0.4, -0.2) is 45.6 Å². The fraction of sp³-hybridized carbons (Fsp3) is 0.526. The number of hydrogen-bond donors (Lipinski definition) is 4. The summed E-state index contributed by atoms with van der Waals surface area (Å²) in [7, 11) is 0. The van der Waals surface area contributed by atoms with Crippen LogP contribution in [0, 0.1) is 29.1 Å². The number of benzene rings is 2. The molecule has 8 nitrogen and oxygen atoms in total. The van der Waals surface area contributed by atoms with E-state index in [0.717, 1.165) is 84.5 Å². The van der Waals surface area contributed by atoms with Gasteiger partial charge in [-0.2, -0.15) is 5.26 Å². The van der Waals surface area contributed by atoms with Crippen LogP contribution in [0.15, 0.2) is 60.6 Å². The average molecular weight is 653 g/mol. The summed E-state index contributed by atoms with van der Waals surface area (Å²) in [6.07, 6.45) is 12.3. The number of pyridine rings is 1. The number of fused-ring (bicyclic) bond motifs is 3. The number of rotatable bonds is 7. The molecular formula is C38H49ClN8. The molecule has 2 unspecified atom stereocenters. The monoisotopic (exact) mass is 652 g/mol. The molecule has 7 rings (SSSR count). The zero-order chi connectivity index (χ0) is 32.7. The largest absolute Gasteiger partial charge is 0.381 e. The molecule has 2 aliphatic carbocycles. The van der Waals surface area contributed by atoms with E-state index in [1.165, 1.54) is 19.3 Å². The molecule has 1 aromatic heterocycles. The smallest absolute Gasteiger partial charge is 0.103 e. The summed E-state index contributed by atoms with van der Waals surface area (Å²) >= 11 is 6.96. The van der Waals surface area contributed by atoms with E-state index in [1.54, 1.807) is 6.20 Å². The lowest BCUT2D eigenvalue weighted by molar-refractivity contribution is 0.0570. The van der Waals surface area contributed by atoms with Gasteiger partial charge in [-0.1, -0.05) is 48.9 Å². The average Bonchev–Trinajstić information content (AvgIpc) is 3.54. The number of anilines is 2. The van der Waals surface area contributed by atoms with Gasteiger partial charge in [0.15, 0.2) is 0 Å². The molecular weight excluding hydrogens is 604 g/mol. The molecule has 2 aromatic carbocycles. The van der Waals surface area contributed by atoms with Crippen LogP contribution in [0.3, 0.4) is 0 Å². The van der Waals surface area contributed by atoms with Crippen LogP contribution in [0.5, 0.6) is 0 Å². The van der Waals surface area contributed by atoms with Crippen LogP contribution in [-0.2, 0) is 0 Å². The minimum Gasteiger partial charge on any atom is -0.381 e. The number of likely N-dealkylation sites (tertiary alicyclic amines) is 1. The van der Waals surface area contributed by atoms with Crippen molar-refractivity contribution in [1.82, 2.24) is 25.9 Å². The zero-order valence-corrected chi connectivity index (χ0v) is 28.9. The number of hydrazine groups is 2. The summed E-state index contributed by atoms with van der Waals surface area (Å²) in [5.74, 6) is 2.33. The van der Waals surface area contributed by atoms with E-state index in [2.05, 4.69) is 107 Å². The van der Waals surface area contributed by atoms with Gasteiger partial charge in [0.2, 0.25) is 0 Å². The Kier molecular flexibility index (Phi) is 8.99. The van der Waals surface area contributed by atoms with Gasteiger partial charge in [-0.15, -0.1) is 5.53 Å². The summed E-state index contributed by atoms with van der Waals surface area (Å²) in [6.45, 7) is 11.5. The number of halogens is 1. The fourth-order valence-electron chi connectivity index (χ4n) is 8.74. The topological polar surface area (TPSA) is 91.3 Å². The second-order valence-electron chi connectivity index (χ2n) is 15.5. The molecule has 2 saturated carbocycles. The Morgan fingerprint density at radius 3 is 2.43 bits per heavy atom. The minimum absolute atomic E-state index is 0.153. The summed E-state index contributed by atoms with van der Waals surface area (Å²) in [6, 6.07) is 17.6. The van der Waals surface area contributed by atoms with E-state index in [4.69, 9.17) is 11.6 Å². The number of nitrogens with zero attached hydrogens (tertiary/aromatic N) is 4. The van der Waals surface area contributed by atoms with E-state index in [-0.39, 0.29) is 11.6 Å². The first-order valence-electron chi connectivity index (χ1n) is 17.5. The van der Waals surface area contributed by atoms with Gasteiger partial charge in [0.05, 0.1) is 33.5 Å². The van der Waals surface area contributed by atoms with E-state index in [9.17, 15) is 5.26 Å². The quantitative estimate of drug-likeness (QED) is 0.204. The molecule has 2 bridgehead atoms. The molecule has 4 N–H and O–H groups in total. The van der Waals surface area contributed by atoms with E-state index in [0.29, 0.717) is 28.2 Å². The van der Waals surface area contributed by atoms with Crippen LogP contribution in [0.1, 0.15) is 89.8 Å². The van der Waals surface area contributed by atoms with Gasteiger partial charge in [-0.3, -0.25) is 14.9 Å². The maximum absolute atomic E-state index is 10.2. The van der Waals surface area contributed by atoms with Gasteiger partial charge in [0.1, 0.15) is 6.07 Å². The Morgan fingerprint density at radius 1 is 1.02 bits per heavy atom. The third-order valence-corrected chi connectivity index (χ3v) is 11.2. The van der Waals surface area contributed by atoms with Crippen LogP contribution < -0.4 is 21.6 Å². The highest BCUT2D eigenvalue weighted by atomic mass is 35.5. The second-order valence-corrected chi connectivity index (χ2v) is 15.9. The van der Waals surface area contributed by atoms with E-state index >= 15 is 0 Å². The number of nitrogens with one attached hydrogen (secondary N) is 4. The Balaban J connectivity index is 1.17. The number of nitriles is 1. The van der Waals surface area contributed by atoms with Crippen molar-refractivity contribution >= 4 is 33.9 Å². The highest BCUT2D eigenvalue weighted by Crippen LogP contribution is 2.44. The molecule has 0 spiro atoms. The van der Waals surface area contributed by atoms with Gasteiger partial charge >= 0.3 is 0 Å². The maximum Gasteiger partial charge on any atom is 0.103 e. The highest BCUT2D eigenvalue weighted by Gasteiger charge is 2.35. The van der Waals surface area contributed by atoms with Gasteiger partial charge in [-0.05, 0) is 101 Å². The Hall–Kier alpha value is -3.51. The Bertz CT molecular complexity index is 1630. The van der Waals surface area contributed by atoms with Crippen molar-refractivity contribution in [2.75, 3.05) is 23.7 Å². The molecule has 4 aliphatic rings. The normalized spacial score (nSPS) is 26.0. The molecule has 9 heteroatoms. The molecule has 0 radical (unpaired) electrons. The molecule has 2 aliphatic heterocycles. The second kappa shape index (κ2) is 13.2. The molecule has 3 fully saturated rings. The summed E-state index contributed by atoms with van der Waals surface area (Å²) in [5.41, 5.74) is 12.3. The fourth-order valence-corrected chi connectivity index (χ4v) is 9.01. The van der Waals surface area contributed by atoms with E-state index < -0.39 is 0 Å². The van der Waals surface area contributed by atoms with Crippen LogP contribution >= 0.6 is 11.6 Å². The van der Waals surface area contributed by atoms with Crippen LogP contribution in [0.2, 0.25) is 5.02 Å². The van der Waals surface area contributed by atoms with Gasteiger partial charge in [0, 0.05) is 54.2 Å². The van der Waals surface area contributed by atoms with Crippen molar-refractivity contribution < 1.29 is 0 Å². The first kappa shape index (κ1) is 32.1. The van der Waals surface area contributed by atoms with Gasteiger partial charge < -0.3 is 16.1 Å². The van der Waals surface area contributed by atoms with Crippen molar-refractivity contribution in [3.63, 3.8) is 0 Å². The lowest BCUT2D eigenvalue weighted by atomic mass is 9.67. The number of piperidine rings is 1. The molecule has 3 atom stereocenters. The predicted molar refractivity (Wildman–Crippen MR) is 191 cm³/mol. The van der Waals surface area contributed by atoms with Crippen molar-refractivity contribution in [2.45, 2.75) is 96.3 Å². The zero-order valence-electron chi connectivity index (χ0n) is 28.2. The van der Waals surface area contributed by atoms with Crippen LogP contribution in [0.4, 0.5) is 11.4 Å². The van der Waals surface area contributed by atoms with Crippen LogP contribution in [0.25, 0.3) is 10.9 Å². The summed E-state index contributed by atoms with van der Waals surface area (Å²) in [4.78, 5) is 7.22. The van der Waals surface area contributed by atoms with Gasteiger partial charge in [0.25, 0.3) is 0 Å². The highest BCUT2D eigenvalue weighted by molar-refractivity contribution is 6.35.